The third-order valence-corrected chi connectivity index (χ3v) is 28.7. The third kappa shape index (κ3) is 20.1. The first-order valence-electron chi connectivity index (χ1n) is 44.1. The molecule has 8 aromatic carbocycles. The van der Waals surface area contributed by atoms with Crippen LogP contribution in [0.3, 0.4) is 0 Å². The number of nitrogens with one attached hydrogen (secondary N) is 4. The van der Waals surface area contributed by atoms with Gasteiger partial charge in [0.2, 0.25) is 11.9 Å². The molecule has 3 amide bonds. The summed E-state index contributed by atoms with van der Waals surface area (Å²) in [5.74, 6) is 3.24. The molecule has 27 nitrogen and oxygen atoms in total. The Morgan fingerprint density at radius 2 is 0.756 bits per heavy atom. The van der Waals surface area contributed by atoms with Crippen molar-refractivity contribution < 1.29 is 54.8 Å². The number of H-pyrrole nitrogens is 4. The number of ether oxygens (including phenoxy) is 6. The molecule has 4 unspecified atom stereocenters. The summed E-state index contributed by atoms with van der Waals surface area (Å²) < 4.78 is 82.3. The molecule has 131 heavy (non-hydrogen) atoms. The SMILES string of the molecule is Brc1ccc2[nH]c3c(c2c1)CCN(c1ncccn1)C3c1ccc(OCCN2CCOCC2)cc1.CCOC(=O)N1CCc2c([nH]c3ccc(Cl)cc23)C1c1ccc(S(C)(=O)=O)cc1.CS(=O)(=O)c1ccc(C2c3[nH]c4ccc(Cl)cc4c3CCN2C(=O)N2CCOCC2)cc1.Clc1ccc2[nH]c3c(c2c1)CCN(c1ncccn1)C3c1ccc(OCCN2CCOCC2)cc1. The van der Waals surface area contributed by atoms with Crippen molar-refractivity contribution in [3.05, 3.63) is 294 Å². The number of benzene rings is 8. The van der Waals surface area contributed by atoms with Crippen molar-refractivity contribution in [1.82, 2.24) is 64.4 Å². The fraction of sp³-hybridized carbons (Fsp3) is 0.327. The number of carbonyl (C=O) groups excluding carboxylic acids is 2. The maximum Gasteiger partial charge on any atom is 0.410 e. The number of amides is 3. The minimum absolute atomic E-state index is 0.00488. The first-order valence-corrected chi connectivity index (χ1v) is 49.9. The number of urea groups is 1. The number of anilines is 2. The largest absolute Gasteiger partial charge is 0.492 e. The van der Waals surface area contributed by atoms with Crippen molar-refractivity contribution >= 4 is 138 Å². The Hall–Kier alpha value is -11.1. The number of carbonyl (C=O) groups is 2. The zero-order valence-electron chi connectivity index (χ0n) is 72.8. The van der Waals surface area contributed by atoms with Crippen LogP contribution in [-0.4, -0.2) is 244 Å². The van der Waals surface area contributed by atoms with Gasteiger partial charge >= 0.3 is 12.1 Å². The van der Waals surface area contributed by atoms with Crippen LogP contribution in [0.15, 0.2) is 221 Å². The lowest BCUT2D eigenvalue weighted by atomic mass is 9.92. The second-order valence-electron chi connectivity index (χ2n) is 33.3. The minimum Gasteiger partial charge on any atom is -0.492 e. The number of sulfone groups is 2. The number of hydrogen-bond donors (Lipinski definition) is 4. The zero-order valence-corrected chi connectivity index (χ0v) is 78.3. The Kier molecular flexibility index (Phi) is 27.7. The number of nitrogens with zero attached hydrogens (tertiary/aromatic N) is 11. The normalized spacial score (nSPS) is 18.3. The van der Waals surface area contributed by atoms with Crippen LogP contribution in [0.2, 0.25) is 15.1 Å². The van der Waals surface area contributed by atoms with Crippen LogP contribution >= 0.6 is 50.7 Å². The average molecular weight is 1930 g/mol. The molecule has 3 fully saturated rings. The molecule has 33 heteroatoms. The van der Waals surface area contributed by atoms with E-state index in [4.69, 9.17) is 63.2 Å². The molecule has 7 aliphatic rings. The van der Waals surface area contributed by atoms with Crippen molar-refractivity contribution in [2.75, 3.05) is 160 Å². The van der Waals surface area contributed by atoms with Gasteiger partial charge in [-0.25, -0.2) is 46.4 Å². The fourth-order valence-corrected chi connectivity index (χ4v) is 20.9. The molecule has 680 valence electrons. The van der Waals surface area contributed by atoms with Crippen LogP contribution in [0.1, 0.15) is 98.4 Å². The van der Waals surface area contributed by atoms with Gasteiger partial charge in [0.1, 0.15) is 30.8 Å². The molecule has 0 radical (unpaired) electrons. The average Bonchev–Trinajstić information content (AvgIpc) is 1.62. The maximum absolute atomic E-state index is 13.5. The molecule has 13 heterocycles. The van der Waals surface area contributed by atoms with Gasteiger partial charge in [0.25, 0.3) is 0 Å². The van der Waals surface area contributed by atoms with Gasteiger partial charge in [0.15, 0.2) is 19.7 Å². The Labute approximate surface area is 783 Å². The van der Waals surface area contributed by atoms with E-state index in [0.717, 1.165) is 197 Å². The van der Waals surface area contributed by atoms with E-state index in [9.17, 15) is 26.4 Å². The fourth-order valence-electron chi connectivity index (χ4n) is 18.8. The molecule has 0 spiro atoms. The van der Waals surface area contributed by atoms with E-state index in [0.29, 0.717) is 75.5 Å². The number of morpholine rings is 3. The monoisotopic (exact) mass is 1930 g/mol. The van der Waals surface area contributed by atoms with Crippen LogP contribution in [-0.2, 0) is 64.3 Å². The smallest absolute Gasteiger partial charge is 0.410 e. The molecule has 14 aromatic rings. The van der Waals surface area contributed by atoms with Gasteiger partial charge < -0.3 is 68.0 Å². The zero-order chi connectivity index (χ0) is 90.4. The second kappa shape index (κ2) is 40.1. The number of aromatic amines is 4. The Morgan fingerprint density at radius 1 is 0.420 bits per heavy atom. The lowest BCUT2D eigenvalue weighted by Gasteiger charge is -2.40. The number of rotatable bonds is 17. The molecule has 0 aliphatic carbocycles. The van der Waals surface area contributed by atoms with Gasteiger partial charge in [0.05, 0.1) is 74.2 Å². The summed E-state index contributed by atoms with van der Waals surface area (Å²) in [4.78, 5) is 74.0. The summed E-state index contributed by atoms with van der Waals surface area (Å²) in [7, 11) is -6.61. The lowest BCUT2D eigenvalue weighted by molar-refractivity contribution is 0.0321. The van der Waals surface area contributed by atoms with Crippen LogP contribution in [0.5, 0.6) is 11.5 Å². The molecule has 4 N–H and O–H groups in total. The van der Waals surface area contributed by atoms with Crippen LogP contribution in [0, 0.1) is 0 Å². The number of fused-ring (bicyclic) bond motifs is 12. The molecule has 21 rings (SSSR count). The molecule has 4 atom stereocenters. The predicted octanol–water partition coefficient (Wildman–Crippen LogP) is 17.0. The first kappa shape index (κ1) is 90.4. The van der Waals surface area contributed by atoms with Gasteiger partial charge in [0, 0.05) is 202 Å². The van der Waals surface area contributed by atoms with E-state index in [1.54, 1.807) is 72.7 Å². The van der Waals surface area contributed by atoms with Crippen molar-refractivity contribution in [3.8, 4) is 11.5 Å². The van der Waals surface area contributed by atoms with Crippen molar-refractivity contribution in [2.45, 2.75) is 66.6 Å². The van der Waals surface area contributed by atoms with Crippen molar-refractivity contribution in [3.63, 3.8) is 0 Å². The van der Waals surface area contributed by atoms with Gasteiger partial charge in [-0.05, 0) is 211 Å². The molecular formula is C98H101BrCl3N15O12S2. The Balaban J connectivity index is 0.000000118. The summed E-state index contributed by atoms with van der Waals surface area (Å²) in [5, 5.41) is 6.63. The van der Waals surface area contributed by atoms with E-state index in [1.807, 2.05) is 76.8 Å². The van der Waals surface area contributed by atoms with E-state index >= 15 is 0 Å². The summed E-state index contributed by atoms with van der Waals surface area (Å²) in [6, 6.07) is 57.2. The second-order valence-corrected chi connectivity index (χ2v) is 39.6. The maximum atomic E-state index is 13.5. The molecule has 0 saturated carbocycles. The topological polar surface area (TPSA) is 295 Å². The number of hydrogen-bond acceptors (Lipinski definition) is 20. The number of halogens is 4. The van der Waals surface area contributed by atoms with Gasteiger partial charge in [-0.15, -0.1) is 0 Å². The summed E-state index contributed by atoms with van der Waals surface area (Å²) >= 11 is 22.4. The van der Waals surface area contributed by atoms with E-state index in [2.05, 4.69) is 154 Å². The van der Waals surface area contributed by atoms with Crippen molar-refractivity contribution in [1.29, 1.82) is 0 Å². The highest BCUT2D eigenvalue weighted by molar-refractivity contribution is 9.10. The van der Waals surface area contributed by atoms with Crippen LogP contribution in [0.4, 0.5) is 21.5 Å². The molecule has 6 aromatic heterocycles. The highest BCUT2D eigenvalue weighted by Gasteiger charge is 2.41. The predicted molar refractivity (Wildman–Crippen MR) is 513 cm³/mol. The number of aromatic nitrogens is 8. The highest BCUT2D eigenvalue weighted by Crippen LogP contribution is 2.46. The summed E-state index contributed by atoms with van der Waals surface area (Å²) in [6.07, 6.45) is 12.4. The van der Waals surface area contributed by atoms with E-state index < -0.39 is 31.8 Å². The standard InChI is InChI=1S/C27H28BrN5O2.C27H28ClN5O2.C23H24ClN3O4S.C21H21ClN2O4S/c2*28-20-4-7-24-23(18-20)22-8-11-33(27-29-9-1-10-30-27)26(25(22)31-24)19-2-5-21(6-3-19)35-17-14-32-12-15-34-16-13-32;1-32(29,30)17-5-2-15(3-6-17)22-21-18(19-14-16(24)4-7-20(19)25-21)8-9-27(22)23(28)26-10-12-31-13-11-26;1-3-28-21(25)24-11-10-16-17-12-14(22)6-9-18(17)23-19(16)20(24)13-4-7-15(8-5-13)29(2,26)27/h2*1-7,9-10,18,26,31H,8,11-17H2;2-7,14,22,25H,8-13H2,1H3;4-9,12,20,23H,3,10-11H2,1-2H3. The molecule has 7 aliphatic heterocycles. The quantitative estimate of drug-likeness (QED) is 0.0658. The molecular weight excluding hydrogens is 1830 g/mol. The van der Waals surface area contributed by atoms with Crippen LogP contribution in [0.25, 0.3) is 43.6 Å². The van der Waals surface area contributed by atoms with Gasteiger partial charge in [-0.1, -0.05) is 99.3 Å². The first-order chi connectivity index (χ1) is 63.6. The van der Waals surface area contributed by atoms with Crippen LogP contribution < -0.4 is 19.3 Å². The van der Waals surface area contributed by atoms with E-state index in [-0.39, 0.29) is 40.6 Å². The van der Waals surface area contributed by atoms with Crippen molar-refractivity contribution in [2.24, 2.45) is 0 Å². The highest BCUT2D eigenvalue weighted by atomic mass is 79.9. The Bertz CT molecular complexity index is 6440. The minimum atomic E-state index is -3.31. The lowest BCUT2D eigenvalue weighted by Crippen LogP contribution is -2.51. The molecule has 3 saturated heterocycles. The third-order valence-electron chi connectivity index (χ3n) is 25.2. The van der Waals surface area contributed by atoms with Gasteiger partial charge in [-0.2, -0.15) is 0 Å². The molecule has 0 bridgehead atoms. The van der Waals surface area contributed by atoms with E-state index in [1.165, 1.54) is 51.4 Å². The summed E-state index contributed by atoms with van der Waals surface area (Å²) in [6.45, 7) is 17.2. The van der Waals surface area contributed by atoms with Gasteiger partial charge in [-0.3, -0.25) is 14.7 Å². The Morgan fingerprint density at radius 3 is 1.15 bits per heavy atom. The summed E-state index contributed by atoms with van der Waals surface area (Å²) in [5.41, 5.74) is 17.3.